The molecule has 2 rings (SSSR count). The molecule has 0 atom stereocenters. The van der Waals surface area contributed by atoms with E-state index in [2.05, 4.69) is 12.1 Å². The Morgan fingerprint density at radius 1 is 0.923 bits per heavy atom. The van der Waals surface area contributed by atoms with Gasteiger partial charge < -0.3 is 14.7 Å². The van der Waals surface area contributed by atoms with Gasteiger partial charge in [-0.3, -0.25) is 0 Å². The number of aliphatic hydroxyl groups is 1. The van der Waals surface area contributed by atoms with Crippen LogP contribution < -0.4 is 0 Å². The van der Waals surface area contributed by atoms with Gasteiger partial charge in [0.05, 0.1) is 0 Å². The number of benzene rings is 2. The van der Waals surface area contributed by atoms with Crippen molar-refractivity contribution in [1.29, 1.82) is 0 Å². The number of rotatable bonds is 7. The highest BCUT2D eigenvalue weighted by molar-refractivity contribution is 5.68. The van der Waals surface area contributed by atoms with Crippen molar-refractivity contribution in [3.05, 3.63) is 71.3 Å². The lowest BCUT2D eigenvalue weighted by Gasteiger charge is -2.27. The van der Waals surface area contributed by atoms with Crippen LogP contribution in [0.1, 0.15) is 37.5 Å². The monoisotopic (exact) mass is 355 g/mol. The van der Waals surface area contributed by atoms with Crippen LogP contribution in [-0.2, 0) is 24.1 Å². The Morgan fingerprint density at radius 3 is 2.08 bits per heavy atom. The summed E-state index contributed by atoms with van der Waals surface area (Å²) in [7, 11) is 0. The normalized spacial score (nSPS) is 11.2. The zero-order chi connectivity index (χ0) is 19.0. The predicted octanol–water partition coefficient (Wildman–Crippen LogP) is 4.20. The standard InChI is InChI=1S/C22H29NO3/c1-22(2,3)26-21(25)23(15-13-18-7-5-4-6-8-18)17-20-11-9-19(10-12-20)14-16-24/h4-12,24H,13-17H2,1-3H3. The Labute approximate surface area is 156 Å². The van der Waals surface area contributed by atoms with E-state index in [9.17, 15) is 4.79 Å². The molecule has 140 valence electrons. The van der Waals surface area contributed by atoms with Crippen LogP contribution >= 0.6 is 0 Å². The molecule has 0 heterocycles. The van der Waals surface area contributed by atoms with E-state index in [0.717, 1.165) is 17.5 Å². The van der Waals surface area contributed by atoms with Crippen LogP contribution in [0.3, 0.4) is 0 Å². The molecule has 1 amide bonds. The minimum atomic E-state index is -0.521. The Kier molecular flexibility index (Phi) is 7.22. The van der Waals surface area contributed by atoms with Gasteiger partial charge in [0.2, 0.25) is 0 Å². The lowest BCUT2D eigenvalue weighted by atomic mass is 10.1. The third-order valence-electron chi connectivity index (χ3n) is 3.96. The van der Waals surface area contributed by atoms with Crippen molar-refractivity contribution in [2.24, 2.45) is 0 Å². The molecule has 0 saturated heterocycles. The number of nitrogens with zero attached hydrogens (tertiary/aromatic N) is 1. The summed E-state index contributed by atoms with van der Waals surface area (Å²) in [6.45, 7) is 6.87. The molecule has 0 aromatic heterocycles. The van der Waals surface area contributed by atoms with Gasteiger partial charge in [0, 0.05) is 19.7 Å². The van der Waals surface area contributed by atoms with E-state index >= 15 is 0 Å². The molecule has 0 spiro atoms. The smallest absolute Gasteiger partial charge is 0.410 e. The second-order valence-electron chi connectivity index (χ2n) is 7.43. The molecule has 0 saturated carbocycles. The second kappa shape index (κ2) is 9.39. The third kappa shape index (κ3) is 6.89. The molecule has 0 aliphatic heterocycles. The lowest BCUT2D eigenvalue weighted by molar-refractivity contribution is 0.0236. The molecule has 1 N–H and O–H groups in total. The average Bonchev–Trinajstić information content (AvgIpc) is 2.59. The quantitative estimate of drug-likeness (QED) is 0.810. The first kappa shape index (κ1) is 20.0. The van der Waals surface area contributed by atoms with Gasteiger partial charge in [0.25, 0.3) is 0 Å². The summed E-state index contributed by atoms with van der Waals surface area (Å²) in [6.07, 6.45) is 1.13. The summed E-state index contributed by atoms with van der Waals surface area (Å²) in [6, 6.07) is 18.1. The van der Waals surface area contributed by atoms with Gasteiger partial charge in [0.15, 0.2) is 0 Å². The van der Waals surface area contributed by atoms with Crippen molar-refractivity contribution in [3.8, 4) is 0 Å². The van der Waals surface area contributed by atoms with Crippen LogP contribution in [0.25, 0.3) is 0 Å². The number of carbonyl (C=O) groups excluding carboxylic acids is 1. The molecule has 4 nitrogen and oxygen atoms in total. The number of aliphatic hydroxyl groups excluding tert-OH is 1. The summed E-state index contributed by atoms with van der Waals surface area (Å²) in [5.41, 5.74) is 2.81. The Morgan fingerprint density at radius 2 is 1.50 bits per heavy atom. The number of amides is 1. The van der Waals surface area contributed by atoms with E-state index in [-0.39, 0.29) is 12.7 Å². The van der Waals surface area contributed by atoms with Crippen LogP contribution in [0.5, 0.6) is 0 Å². The van der Waals surface area contributed by atoms with E-state index in [0.29, 0.717) is 19.5 Å². The first-order valence-corrected chi connectivity index (χ1v) is 9.08. The van der Waals surface area contributed by atoms with Crippen molar-refractivity contribution in [3.63, 3.8) is 0 Å². The first-order valence-electron chi connectivity index (χ1n) is 9.08. The van der Waals surface area contributed by atoms with E-state index in [1.807, 2.05) is 63.2 Å². The Hall–Kier alpha value is -2.33. The van der Waals surface area contributed by atoms with Crippen LogP contribution in [-0.4, -0.2) is 34.9 Å². The number of ether oxygens (including phenoxy) is 1. The maximum absolute atomic E-state index is 12.6. The van der Waals surface area contributed by atoms with Gasteiger partial charge in [-0.2, -0.15) is 0 Å². The largest absolute Gasteiger partial charge is 0.444 e. The van der Waals surface area contributed by atoms with Crippen LogP contribution in [0.4, 0.5) is 4.79 Å². The maximum Gasteiger partial charge on any atom is 0.410 e. The number of carbonyl (C=O) groups is 1. The van der Waals surface area contributed by atoms with Gasteiger partial charge in [-0.25, -0.2) is 4.79 Å². The molecule has 0 aliphatic carbocycles. The fraction of sp³-hybridized carbons (Fsp3) is 0.409. The van der Waals surface area contributed by atoms with Gasteiger partial charge in [-0.05, 0) is 50.3 Å². The molecular weight excluding hydrogens is 326 g/mol. The average molecular weight is 355 g/mol. The molecule has 4 heteroatoms. The Bertz CT molecular complexity index is 675. The minimum Gasteiger partial charge on any atom is -0.444 e. The maximum atomic E-state index is 12.6. The van der Waals surface area contributed by atoms with Gasteiger partial charge in [-0.1, -0.05) is 54.6 Å². The van der Waals surface area contributed by atoms with Crippen molar-refractivity contribution >= 4 is 6.09 Å². The summed E-state index contributed by atoms with van der Waals surface area (Å²) < 4.78 is 5.58. The van der Waals surface area contributed by atoms with Gasteiger partial charge in [-0.15, -0.1) is 0 Å². The van der Waals surface area contributed by atoms with Crippen LogP contribution in [0.2, 0.25) is 0 Å². The molecule has 26 heavy (non-hydrogen) atoms. The fourth-order valence-electron chi connectivity index (χ4n) is 2.63. The molecule has 0 aliphatic rings. The van der Waals surface area contributed by atoms with Gasteiger partial charge in [0.1, 0.15) is 5.60 Å². The lowest BCUT2D eigenvalue weighted by Crippen LogP contribution is -2.37. The predicted molar refractivity (Wildman–Crippen MR) is 104 cm³/mol. The molecule has 2 aromatic carbocycles. The van der Waals surface area contributed by atoms with Crippen LogP contribution in [0.15, 0.2) is 54.6 Å². The van der Waals surface area contributed by atoms with Crippen molar-refractivity contribution in [2.75, 3.05) is 13.2 Å². The Balaban J connectivity index is 2.07. The molecule has 0 bridgehead atoms. The summed E-state index contributed by atoms with van der Waals surface area (Å²) >= 11 is 0. The highest BCUT2D eigenvalue weighted by Gasteiger charge is 2.22. The van der Waals surface area contributed by atoms with Crippen molar-refractivity contribution in [2.45, 2.75) is 45.8 Å². The summed E-state index contributed by atoms with van der Waals surface area (Å²) in [5.74, 6) is 0. The van der Waals surface area contributed by atoms with Crippen molar-refractivity contribution in [1.82, 2.24) is 4.90 Å². The van der Waals surface area contributed by atoms with E-state index in [4.69, 9.17) is 9.84 Å². The van der Waals surface area contributed by atoms with E-state index in [1.165, 1.54) is 5.56 Å². The second-order valence-corrected chi connectivity index (χ2v) is 7.43. The minimum absolute atomic E-state index is 0.139. The number of hydrogen-bond acceptors (Lipinski definition) is 3. The van der Waals surface area contributed by atoms with Crippen molar-refractivity contribution < 1.29 is 14.6 Å². The summed E-state index contributed by atoms with van der Waals surface area (Å²) in [5, 5.41) is 9.02. The van der Waals surface area contributed by atoms with E-state index < -0.39 is 5.60 Å². The van der Waals surface area contributed by atoms with Gasteiger partial charge >= 0.3 is 6.09 Å². The highest BCUT2D eigenvalue weighted by atomic mass is 16.6. The molecule has 2 aromatic rings. The number of hydrogen-bond donors (Lipinski definition) is 1. The molecule has 0 fully saturated rings. The molecule has 0 radical (unpaired) electrons. The van der Waals surface area contributed by atoms with Crippen LogP contribution in [0, 0.1) is 0 Å². The van der Waals surface area contributed by atoms with E-state index in [1.54, 1.807) is 4.90 Å². The SMILES string of the molecule is CC(C)(C)OC(=O)N(CCc1ccccc1)Cc1ccc(CCO)cc1. The zero-order valence-corrected chi connectivity index (χ0v) is 15.9. The molecular formula is C22H29NO3. The topological polar surface area (TPSA) is 49.8 Å². The first-order chi connectivity index (χ1) is 12.4. The third-order valence-corrected chi connectivity index (χ3v) is 3.96. The zero-order valence-electron chi connectivity index (χ0n) is 15.9. The highest BCUT2D eigenvalue weighted by Crippen LogP contribution is 2.15. The molecule has 0 unspecified atom stereocenters. The summed E-state index contributed by atoms with van der Waals surface area (Å²) in [4.78, 5) is 14.4. The fourth-order valence-corrected chi connectivity index (χ4v) is 2.63.